The van der Waals surface area contributed by atoms with Crippen LogP contribution in [0.2, 0.25) is 0 Å². The third kappa shape index (κ3) is 5.57. The van der Waals surface area contributed by atoms with Crippen molar-refractivity contribution in [3.63, 3.8) is 0 Å². The predicted octanol–water partition coefficient (Wildman–Crippen LogP) is 1.10. The molecule has 2 aromatic heterocycles. The van der Waals surface area contributed by atoms with Crippen molar-refractivity contribution >= 4 is 58.7 Å². The highest BCUT2D eigenvalue weighted by molar-refractivity contribution is 8.01. The molecule has 4 heterocycles. The van der Waals surface area contributed by atoms with Crippen LogP contribution in [0.15, 0.2) is 58.7 Å². The van der Waals surface area contributed by atoms with Gasteiger partial charge in [-0.05, 0) is 29.3 Å². The molecule has 1 saturated heterocycles. The van der Waals surface area contributed by atoms with Gasteiger partial charge in [-0.2, -0.15) is 0 Å². The van der Waals surface area contributed by atoms with Gasteiger partial charge in [0, 0.05) is 34.5 Å². The molecule has 0 bridgehead atoms. The van der Waals surface area contributed by atoms with Gasteiger partial charge >= 0.3 is 12.0 Å². The quantitative estimate of drug-likeness (QED) is 0.151. The zero-order valence-corrected chi connectivity index (χ0v) is 21.8. The summed E-state index contributed by atoms with van der Waals surface area (Å²) in [7, 11) is 0. The van der Waals surface area contributed by atoms with Gasteiger partial charge in [0.05, 0.1) is 0 Å². The molecule has 2 aliphatic rings. The van der Waals surface area contributed by atoms with Gasteiger partial charge in [-0.25, -0.2) is 9.59 Å². The molecule has 0 spiro atoms. The Morgan fingerprint density at radius 1 is 1.41 bits per heavy atom. The molecule has 3 atom stereocenters. The third-order valence-corrected chi connectivity index (χ3v) is 8.78. The van der Waals surface area contributed by atoms with Crippen LogP contribution in [-0.4, -0.2) is 61.8 Å². The van der Waals surface area contributed by atoms with E-state index in [0.29, 0.717) is 31.8 Å². The van der Waals surface area contributed by atoms with Crippen molar-refractivity contribution in [2.24, 2.45) is 0 Å². The standard InChI is InChI=1S/C22H22N6O6S3/c1-3-23-22(33)25-15(13-5-4-8-35-13)18(29)24-16-19(30)27-17(21(31)32)12(10-37-20(16)27)9-36-14-7-6-11(2)28(34)26-14/h3-8,15-16,20H,1,9-10H2,2H3,(H,24,29)(H,31,32)(H2,23,25,33)/t15?,16-,20?/m0/s1. The molecule has 2 unspecified atom stereocenters. The molecule has 0 aliphatic carbocycles. The number of urea groups is 1. The maximum atomic E-state index is 13.1. The Hall–Kier alpha value is -3.56. The van der Waals surface area contributed by atoms with Crippen molar-refractivity contribution < 1.29 is 29.1 Å². The van der Waals surface area contributed by atoms with Gasteiger partial charge < -0.3 is 26.3 Å². The lowest BCUT2D eigenvalue weighted by molar-refractivity contribution is -0.679. The van der Waals surface area contributed by atoms with Crippen molar-refractivity contribution in [2.45, 2.75) is 29.4 Å². The normalized spacial score (nSPS) is 19.4. The molecular formula is C22H22N6O6S3. The number of β-lactam (4-membered cyclic amide) rings is 1. The van der Waals surface area contributed by atoms with Gasteiger partial charge in [0.1, 0.15) is 23.2 Å². The van der Waals surface area contributed by atoms with E-state index < -0.39 is 41.3 Å². The molecule has 15 heteroatoms. The number of aliphatic carboxylic acids is 1. The average Bonchev–Trinajstić information content (AvgIpc) is 3.40. The number of rotatable bonds is 9. The number of nitrogens with one attached hydrogen (secondary N) is 3. The maximum Gasteiger partial charge on any atom is 0.352 e. The summed E-state index contributed by atoms with van der Waals surface area (Å²) in [6.07, 6.45) is 1.17. The zero-order chi connectivity index (χ0) is 26.7. The van der Waals surface area contributed by atoms with E-state index in [2.05, 4.69) is 27.6 Å². The van der Waals surface area contributed by atoms with Gasteiger partial charge in [-0.1, -0.05) is 29.3 Å². The Kier molecular flexibility index (Phi) is 8.04. The van der Waals surface area contributed by atoms with Crippen molar-refractivity contribution in [2.75, 3.05) is 11.5 Å². The van der Waals surface area contributed by atoms with Crippen molar-refractivity contribution in [1.82, 2.24) is 25.9 Å². The minimum Gasteiger partial charge on any atom is -0.594 e. The number of amides is 4. The summed E-state index contributed by atoms with van der Waals surface area (Å²) in [6.45, 7) is 5.03. The first-order valence-electron chi connectivity index (χ1n) is 10.8. The maximum absolute atomic E-state index is 13.1. The number of nitrogens with zero attached hydrogens (tertiary/aromatic N) is 3. The number of hydrogen-bond acceptors (Lipinski definition) is 9. The monoisotopic (exact) mass is 562 g/mol. The predicted molar refractivity (Wildman–Crippen MR) is 137 cm³/mol. The Morgan fingerprint density at radius 2 is 2.19 bits per heavy atom. The largest absolute Gasteiger partial charge is 0.594 e. The molecule has 4 N–H and O–H groups in total. The fourth-order valence-electron chi connectivity index (χ4n) is 3.71. The van der Waals surface area contributed by atoms with Crippen LogP contribution in [0.5, 0.6) is 0 Å². The van der Waals surface area contributed by atoms with Crippen molar-refractivity contribution in [1.29, 1.82) is 0 Å². The number of carboxylic acid groups (broad SMARTS) is 1. The highest BCUT2D eigenvalue weighted by atomic mass is 32.2. The number of carbonyl (C=O) groups is 4. The van der Waals surface area contributed by atoms with Crippen LogP contribution in [-0.2, 0) is 14.4 Å². The molecule has 0 saturated carbocycles. The van der Waals surface area contributed by atoms with E-state index in [1.807, 2.05) is 0 Å². The second-order valence-electron chi connectivity index (χ2n) is 7.90. The number of aryl methyl sites for hydroxylation is 1. The van der Waals surface area contributed by atoms with Crippen LogP contribution < -0.4 is 20.8 Å². The van der Waals surface area contributed by atoms with Gasteiger partial charge in [0.2, 0.25) is 11.6 Å². The molecule has 0 aromatic carbocycles. The summed E-state index contributed by atoms with van der Waals surface area (Å²) in [5.74, 6) is -1.88. The highest BCUT2D eigenvalue weighted by Gasteiger charge is 2.54. The summed E-state index contributed by atoms with van der Waals surface area (Å²) < 4.78 is 0. The van der Waals surface area contributed by atoms with Gasteiger partial charge in [-0.3, -0.25) is 14.5 Å². The van der Waals surface area contributed by atoms with Gasteiger partial charge in [-0.15, -0.1) is 23.1 Å². The number of aromatic nitrogens is 2. The lowest BCUT2D eigenvalue weighted by Crippen LogP contribution is -2.71. The van der Waals surface area contributed by atoms with E-state index in [1.165, 1.54) is 46.0 Å². The number of hydrogen-bond donors (Lipinski definition) is 4. The number of carboxylic acids is 1. The van der Waals surface area contributed by atoms with E-state index in [-0.39, 0.29) is 11.4 Å². The fraction of sp³-hybridized carbons (Fsp3) is 0.273. The summed E-state index contributed by atoms with van der Waals surface area (Å²) in [5.41, 5.74) is 0.811. The van der Waals surface area contributed by atoms with Crippen LogP contribution in [0.25, 0.3) is 0 Å². The number of thioether (sulfide) groups is 2. The lowest BCUT2D eigenvalue weighted by atomic mass is 10.0. The van der Waals surface area contributed by atoms with Crippen LogP contribution >= 0.6 is 34.9 Å². The lowest BCUT2D eigenvalue weighted by Gasteiger charge is -2.49. The van der Waals surface area contributed by atoms with Crippen LogP contribution in [0.3, 0.4) is 0 Å². The molecule has 4 amide bonds. The number of thiophene rings is 1. The van der Waals surface area contributed by atoms with Gasteiger partial charge in [0.15, 0.2) is 5.03 Å². The molecule has 194 valence electrons. The van der Waals surface area contributed by atoms with Crippen molar-refractivity contribution in [3.05, 3.63) is 69.5 Å². The third-order valence-electron chi connectivity index (χ3n) is 5.50. The molecule has 2 aromatic rings. The Morgan fingerprint density at radius 3 is 2.84 bits per heavy atom. The average molecular weight is 563 g/mol. The molecule has 2 aliphatic heterocycles. The SMILES string of the molecule is C=CNC(=O)NC(C(=O)N[C@H]1C(=O)N2C(C(=O)O)=C(CSc3ccc(C)[n+]([O-])n3)CSC12)c1cccs1. The topological polar surface area (TPSA) is 168 Å². The van der Waals surface area contributed by atoms with E-state index >= 15 is 0 Å². The fourth-order valence-corrected chi connectivity index (χ4v) is 6.82. The molecule has 4 rings (SSSR count). The van der Waals surface area contributed by atoms with E-state index in [4.69, 9.17) is 0 Å². The molecular weight excluding hydrogens is 540 g/mol. The van der Waals surface area contributed by atoms with Crippen LogP contribution in [0.4, 0.5) is 4.79 Å². The first-order valence-corrected chi connectivity index (χ1v) is 13.7. The van der Waals surface area contributed by atoms with E-state index in [1.54, 1.807) is 36.6 Å². The van der Waals surface area contributed by atoms with Crippen LogP contribution in [0.1, 0.15) is 16.6 Å². The molecule has 12 nitrogen and oxygen atoms in total. The first-order chi connectivity index (χ1) is 17.7. The Balaban J connectivity index is 1.47. The Bertz CT molecular complexity index is 1280. The summed E-state index contributed by atoms with van der Waals surface area (Å²) in [4.78, 5) is 52.4. The zero-order valence-electron chi connectivity index (χ0n) is 19.4. The minimum absolute atomic E-state index is 0.132. The minimum atomic E-state index is -1.26. The molecule has 37 heavy (non-hydrogen) atoms. The molecule has 1 fully saturated rings. The highest BCUT2D eigenvalue weighted by Crippen LogP contribution is 2.41. The number of carbonyl (C=O) groups excluding carboxylic acids is 3. The number of fused-ring (bicyclic) bond motifs is 1. The summed E-state index contributed by atoms with van der Waals surface area (Å²) in [5, 5.41) is 34.6. The van der Waals surface area contributed by atoms with E-state index in [9.17, 15) is 29.5 Å². The summed E-state index contributed by atoms with van der Waals surface area (Å²) in [6, 6.07) is 4.05. The second-order valence-corrected chi connectivity index (χ2v) is 11.0. The molecule has 0 radical (unpaired) electrons. The Labute approximate surface area is 223 Å². The van der Waals surface area contributed by atoms with Crippen molar-refractivity contribution in [3.8, 4) is 0 Å². The van der Waals surface area contributed by atoms with Gasteiger partial charge in [0.25, 0.3) is 5.91 Å². The van der Waals surface area contributed by atoms with Crippen LogP contribution in [0, 0.1) is 12.1 Å². The first kappa shape index (κ1) is 26.5. The van der Waals surface area contributed by atoms with E-state index in [0.717, 1.165) is 0 Å². The second kappa shape index (κ2) is 11.2. The summed E-state index contributed by atoms with van der Waals surface area (Å²) >= 11 is 3.79. The smallest absolute Gasteiger partial charge is 0.352 e.